The van der Waals surface area contributed by atoms with Crippen LogP contribution in [-0.2, 0) is 0 Å². The summed E-state index contributed by atoms with van der Waals surface area (Å²) >= 11 is 0. The van der Waals surface area contributed by atoms with E-state index in [-0.39, 0.29) is 23.9 Å². The van der Waals surface area contributed by atoms with E-state index in [1.165, 1.54) is 43.9 Å². The van der Waals surface area contributed by atoms with Crippen LogP contribution in [0.25, 0.3) is 0 Å². The molecule has 0 atom stereocenters. The lowest BCUT2D eigenvalue weighted by atomic mass is 10.2. The van der Waals surface area contributed by atoms with Gasteiger partial charge in [0.2, 0.25) is 0 Å². The minimum atomic E-state index is -2.56. The highest BCUT2D eigenvalue weighted by Crippen LogP contribution is 2.22. The fourth-order valence-corrected chi connectivity index (χ4v) is 1.62. The topological polar surface area (TPSA) is 95.0 Å². The molecular weight excluding hydrogens is 320 g/mol. The molecule has 7 nitrogen and oxygen atoms in total. The lowest BCUT2D eigenvalue weighted by molar-refractivity contribution is 0.151. The molecule has 9 heteroatoms. The number of nitrogens with zero attached hydrogens (tertiary/aromatic N) is 4. The molecule has 0 aliphatic carbocycles. The minimum absolute atomic E-state index is 0.0269. The first-order valence-electron chi connectivity index (χ1n) is 6.80. The molecule has 0 aliphatic heterocycles. The second-order valence-electron chi connectivity index (χ2n) is 4.47. The second-order valence-corrected chi connectivity index (χ2v) is 4.47. The van der Waals surface area contributed by atoms with Crippen molar-refractivity contribution < 1.29 is 18.3 Å². The van der Waals surface area contributed by atoms with Gasteiger partial charge >= 0.3 is 6.01 Å². The van der Waals surface area contributed by atoms with Gasteiger partial charge in [-0.2, -0.15) is 15.1 Å². The molecule has 0 radical (unpaired) electrons. The van der Waals surface area contributed by atoms with E-state index < -0.39 is 6.43 Å². The van der Waals surface area contributed by atoms with E-state index in [4.69, 9.17) is 15.3 Å². The van der Waals surface area contributed by atoms with Crippen molar-refractivity contribution in [1.29, 1.82) is 0 Å². The Kier molecular flexibility index (Phi) is 6.12. The standard InChI is InChI=1S/C15H15F2N5O2/c1-23-13-7-20-15(21-8-13)24-9-12(22-18)6-19-11-4-2-3-10(5-11)14(16)17/h2-8,14H,9,18H2,1H3. The van der Waals surface area contributed by atoms with Crippen LogP contribution in [0.4, 0.5) is 14.5 Å². The van der Waals surface area contributed by atoms with Crippen LogP contribution in [-0.4, -0.2) is 35.6 Å². The number of nitrogens with two attached hydrogens (primary N) is 1. The SMILES string of the molecule is COc1cnc(OCC(C=Nc2cccc(C(F)F)c2)=NN)nc1. The number of aliphatic imine (C=N–C) groups is 1. The summed E-state index contributed by atoms with van der Waals surface area (Å²) in [4.78, 5) is 11.9. The molecule has 0 saturated heterocycles. The number of halogens is 2. The van der Waals surface area contributed by atoms with Gasteiger partial charge in [-0.1, -0.05) is 12.1 Å². The molecule has 0 unspecified atom stereocenters. The Morgan fingerprint density at radius 3 is 2.71 bits per heavy atom. The maximum Gasteiger partial charge on any atom is 0.316 e. The molecule has 0 amide bonds. The van der Waals surface area contributed by atoms with E-state index in [0.717, 1.165) is 0 Å². The molecule has 0 spiro atoms. The average Bonchev–Trinajstić information content (AvgIpc) is 2.62. The quantitative estimate of drug-likeness (QED) is 0.476. The van der Waals surface area contributed by atoms with E-state index in [1.54, 1.807) is 6.07 Å². The number of aromatic nitrogens is 2. The first kappa shape index (κ1) is 17.3. The highest BCUT2D eigenvalue weighted by atomic mass is 19.3. The van der Waals surface area contributed by atoms with Crippen molar-refractivity contribution >= 4 is 17.6 Å². The Labute approximate surface area is 136 Å². The number of hydrogen-bond donors (Lipinski definition) is 1. The van der Waals surface area contributed by atoms with Crippen molar-refractivity contribution in [3.8, 4) is 11.8 Å². The zero-order valence-electron chi connectivity index (χ0n) is 12.8. The smallest absolute Gasteiger partial charge is 0.316 e. The van der Waals surface area contributed by atoms with Crippen LogP contribution in [0.5, 0.6) is 11.8 Å². The maximum absolute atomic E-state index is 12.6. The van der Waals surface area contributed by atoms with Crippen LogP contribution in [0.15, 0.2) is 46.8 Å². The number of benzene rings is 1. The molecule has 1 heterocycles. The molecule has 2 rings (SSSR count). The van der Waals surface area contributed by atoms with E-state index in [0.29, 0.717) is 11.4 Å². The maximum atomic E-state index is 12.6. The predicted octanol–water partition coefficient (Wildman–Crippen LogP) is 2.52. The summed E-state index contributed by atoms with van der Waals surface area (Å²) in [6.07, 6.45) is 1.67. The monoisotopic (exact) mass is 335 g/mol. The molecule has 126 valence electrons. The van der Waals surface area contributed by atoms with Crippen LogP contribution >= 0.6 is 0 Å². The first-order valence-corrected chi connectivity index (χ1v) is 6.80. The fraction of sp³-hybridized carbons (Fsp3) is 0.200. The van der Waals surface area contributed by atoms with Crippen LogP contribution in [0, 0.1) is 0 Å². The van der Waals surface area contributed by atoms with Crippen molar-refractivity contribution in [2.24, 2.45) is 15.9 Å². The van der Waals surface area contributed by atoms with Crippen LogP contribution in [0.2, 0.25) is 0 Å². The van der Waals surface area contributed by atoms with Crippen LogP contribution in [0.1, 0.15) is 12.0 Å². The van der Waals surface area contributed by atoms with Crippen molar-refractivity contribution in [2.45, 2.75) is 6.43 Å². The molecule has 1 aromatic carbocycles. The van der Waals surface area contributed by atoms with Gasteiger partial charge < -0.3 is 15.3 Å². The molecule has 0 saturated carbocycles. The molecule has 2 N–H and O–H groups in total. The zero-order valence-corrected chi connectivity index (χ0v) is 12.8. The van der Waals surface area contributed by atoms with Gasteiger partial charge in [0, 0.05) is 5.56 Å². The normalized spacial score (nSPS) is 11.9. The summed E-state index contributed by atoms with van der Waals surface area (Å²) in [6.45, 7) is -0.0269. The third kappa shape index (κ3) is 4.97. The van der Waals surface area contributed by atoms with Crippen molar-refractivity contribution in [2.75, 3.05) is 13.7 Å². The van der Waals surface area contributed by atoms with Gasteiger partial charge in [-0.25, -0.2) is 8.78 Å². The minimum Gasteiger partial charge on any atom is -0.494 e. The van der Waals surface area contributed by atoms with Gasteiger partial charge in [0.05, 0.1) is 31.4 Å². The Morgan fingerprint density at radius 2 is 2.08 bits per heavy atom. The van der Waals surface area contributed by atoms with E-state index in [1.807, 2.05) is 0 Å². The molecular formula is C15H15F2N5O2. The molecule has 24 heavy (non-hydrogen) atoms. The Balaban J connectivity index is 1.97. The highest BCUT2D eigenvalue weighted by Gasteiger charge is 2.07. The lowest BCUT2D eigenvalue weighted by Crippen LogP contribution is -2.16. The van der Waals surface area contributed by atoms with E-state index in [9.17, 15) is 8.78 Å². The lowest BCUT2D eigenvalue weighted by Gasteiger charge is -2.04. The summed E-state index contributed by atoms with van der Waals surface area (Å²) in [5, 5.41) is 3.52. The van der Waals surface area contributed by atoms with Gasteiger partial charge in [-0.05, 0) is 12.1 Å². The van der Waals surface area contributed by atoms with Crippen molar-refractivity contribution in [1.82, 2.24) is 9.97 Å². The number of rotatable bonds is 7. The summed E-state index contributed by atoms with van der Waals surface area (Å²) < 4.78 is 35.5. The number of hydrazone groups is 1. The Bertz CT molecular complexity index is 720. The highest BCUT2D eigenvalue weighted by molar-refractivity contribution is 6.31. The molecule has 1 aromatic heterocycles. The Morgan fingerprint density at radius 1 is 1.33 bits per heavy atom. The summed E-state index contributed by atoms with van der Waals surface area (Å²) in [5.74, 6) is 5.76. The summed E-state index contributed by atoms with van der Waals surface area (Å²) in [7, 11) is 1.50. The average molecular weight is 335 g/mol. The molecule has 0 bridgehead atoms. The predicted molar refractivity (Wildman–Crippen MR) is 85.3 cm³/mol. The van der Waals surface area contributed by atoms with Crippen molar-refractivity contribution in [3.63, 3.8) is 0 Å². The fourth-order valence-electron chi connectivity index (χ4n) is 1.62. The van der Waals surface area contributed by atoms with E-state index in [2.05, 4.69) is 20.1 Å². The van der Waals surface area contributed by atoms with Gasteiger partial charge in [-0.3, -0.25) is 4.99 Å². The van der Waals surface area contributed by atoms with Crippen molar-refractivity contribution in [3.05, 3.63) is 42.2 Å². The summed E-state index contributed by atoms with van der Waals surface area (Å²) in [6, 6.07) is 5.80. The van der Waals surface area contributed by atoms with Gasteiger partial charge in [0.25, 0.3) is 6.43 Å². The number of ether oxygens (including phenoxy) is 2. The molecule has 0 fully saturated rings. The number of methoxy groups -OCH3 is 1. The number of alkyl halides is 2. The summed E-state index contributed by atoms with van der Waals surface area (Å²) in [5.41, 5.74) is 0.533. The van der Waals surface area contributed by atoms with Crippen LogP contribution < -0.4 is 15.3 Å². The van der Waals surface area contributed by atoms with Gasteiger partial charge in [0.1, 0.15) is 12.3 Å². The molecule has 2 aromatic rings. The van der Waals surface area contributed by atoms with E-state index >= 15 is 0 Å². The first-order chi connectivity index (χ1) is 11.6. The zero-order chi connectivity index (χ0) is 17.4. The number of hydrogen-bond acceptors (Lipinski definition) is 7. The molecule has 0 aliphatic rings. The largest absolute Gasteiger partial charge is 0.494 e. The third-order valence-corrected chi connectivity index (χ3v) is 2.84. The van der Waals surface area contributed by atoms with Gasteiger partial charge in [-0.15, -0.1) is 0 Å². The second kappa shape index (κ2) is 8.51. The van der Waals surface area contributed by atoms with Gasteiger partial charge in [0.15, 0.2) is 5.75 Å². The third-order valence-electron chi connectivity index (χ3n) is 2.84. The Hall–Kier alpha value is -3.10. The van der Waals surface area contributed by atoms with Crippen LogP contribution in [0.3, 0.4) is 0 Å².